The van der Waals surface area contributed by atoms with Gasteiger partial charge < -0.3 is 9.64 Å². The quantitative estimate of drug-likeness (QED) is 0.761. The van der Waals surface area contributed by atoms with Gasteiger partial charge in [-0.1, -0.05) is 37.3 Å². The fraction of sp³-hybridized carbons (Fsp3) is 0.533. The van der Waals surface area contributed by atoms with Crippen LogP contribution in [0.1, 0.15) is 32.3 Å². The van der Waals surface area contributed by atoms with Gasteiger partial charge in [0.1, 0.15) is 0 Å². The minimum absolute atomic E-state index is 0.117. The molecule has 0 bridgehead atoms. The summed E-state index contributed by atoms with van der Waals surface area (Å²) in [6.07, 6.45) is 2.03. The van der Waals surface area contributed by atoms with E-state index in [1.807, 2.05) is 49.1 Å². The first-order valence-electron chi connectivity index (χ1n) is 6.65. The van der Waals surface area contributed by atoms with Crippen LogP contribution in [0.3, 0.4) is 0 Å². The van der Waals surface area contributed by atoms with Gasteiger partial charge in [0.05, 0.1) is 12.6 Å². The largest absolute Gasteiger partial charge is 0.349 e. The predicted molar refractivity (Wildman–Crippen MR) is 68.8 cm³/mol. The number of fused-ring (bicyclic) bond motifs is 1. The predicted octanol–water partition coefficient (Wildman–Crippen LogP) is 2.52. The molecule has 3 atom stereocenters. The third kappa shape index (κ3) is 1.57. The second-order valence-corrected chi connectivity index (χ2v) is 5.50. The number of ether oxygens (including phenoxy) is 1. The Hall–Kier alpha value is -1.35. The van der Waals surface area contributed by atoms with Crippen LogP contribution in [0.5, 0.6) is 0 Å². The Morgan fingerprint density at radius 1 is 1.28 bits per heavy atom. The fourth-order valence-corrected chi connectivity index (χ4v) is 3.13. The van der Waals surface area contributed by atoms with Crippen LogP contribution in [0.15, 0.2) is 30.3 Å². The highest BCUT2D eigenvalue weighted by molar-refractivity contribution is 5.80. The van der Waals surface area contributed by atoms with Crippen molar-refractivity contribution in [3.8, 4) is 0 Å². The second-order valence-electron chi connectivity index (χ2n) is 5.50. The molecule has 2 fully saturated rings. The smallest absolute Gasteiger partial charge is 0.228 e. The number of nitrogens with zero attached hydrogens (tertiary/aromatic N) is 1. The molecule has 3 heteroatoms. The first kappa shape index (κ1) is 11.7. The van der Waals surface area contributed by atoms with E-state index in [-0.39, 0.29) is 17.9 Å². The number of piperidine rings is 1. The summed E-state index contributed by atoms with van der Waals surface area (Å²) in [5, 5.41) is 0. The molecule has 0 spiro atoms. The molecular weight excluding hydrogens is 226 g/mol. The third-order valence-electron chi connectivity index (χ3n) is 4.28. The van der Waals surface area contributed by atoms with Crippen LogP contribution in [-0.4, -0.2) is 23.5 Å². The van der Waals surface area contributed by atoms with E-state index < -0.39 is 5.72 Å². The average molecular weight is 245 g/mol. The Kier molecular flexibility index (Phi) is 2.67. The van der Waals surface area contributed by atoms with Crippen LogP contribution >= 0.6 is 0 Å². The summed E-state index contributed by atoms with van der Waals surface area (Å²) < 4.78 is 6.00. The Morgan fingerprint density at radius 2 is 2.00 bits per heavy atom. The maximum Gasteiger partial charge on any atom is 0.228 e. The first-order chi connectivity index (χ1) is 8.63. The summed E-state index contributed by atoms with van der Waals surface area (Å²) in [4.78, 5) is 14.4. The molecule has 18 heavy (non-hydrogen) atoms. The number of carbonyl (C=O) groups excluding carboxylic acids is 1. The molecule has 3 rings (SSSR count). The molecule has 0 radical (unpaired) electrons. The zero-order valence-corrected chi connectivity index (χ0v) is 10.9. The number of benzene rings is 1. The van der Waals surface area contributed by atoms with E-state index in [0.717, 1.165) is 18.4 Å². The van der Waals surface area contributed by atoms with Crippen LogP contribution in [-0.2, 0) is 15.3 Å². The van der Waals surface area contributed by atoms with Crippen molar-refractivity contribution in [2.45, 2.75) is 38.5 Å². The van der Waals surface area contributed by atoms with Crippen molar-refractivity contribution in [1.29, 1.82) is 0 Å². The van der Waals surface area contributed by atoms with Crippen molar-refractivity contribution >= 4 is 5.91 Å². The van der Waals surface area contributed by atoms with Crippen molar-refractivity contribution < 1.29 is 9.53 Å². The van der Waals surface area contributed by atoms with Crippen LogP contribution < -0.4 is 0 Å². The van der Waals surface area contributed by atoms with Gasteiger partial charge in [-0.15, -0.1) is 0 Å². The minimum Gasteiger partial charge on any atom is -0.349 e. The molecule has 0 saturated carbocycles. The van der Waals surface area contributed by atoms with Gasteiger partial charge in [-0.25, -0.2) is 0 Å². The number of hydrogen-bond acceptors (Lipinski definition) is 2. The fourth-order valence-electron chi connectivity index (χ4n) is 3.13. The maximum atomic E-state index is 12.4. The van der Waals surface area contributed by atoms with Crippen molar-refractivity contribution in [2.75, 3.05) is 6.61 Å². The summed E-state index contributed by atoms with van der Waals surface area (Å²) in [5.41, 5.74) is 0.479. The second kappa shape index (κ2) is 4.09. The summed E-state index contributed by atoms with van der Waals surface area (Å²) >= 11 is 0. The van der Waals surface area contributed by atoms with Gasteiger partial charge in [-0.3, -0.25) is 4.79 Å². The Labute approximate surface area is 108 Å². The lowest BCUT2D eigenvalue weighted by atomic mass is 9.91. The monoisotopic (exact) mass is 245 g/mol. The summed E-state index contributed by atoms with van der Waals surface area (Å²) in [5.74, 6) is 0.348. The lowest BCUT2D eigenvalue weighted by Gasteiger charge is -2.41. The molecule has 2 aliphatic heterocycles. The van der Waals surface area contributed by atoms with Gasteiger partial charge in [-0.05, 0) is 19.8 Å². The summed E-state index contributed by atoms with van der Waals surface area (Å²) in [6.45, 7) is 4.68. The summed E-state index contributed by atoms with van der Waals surface area (Å²) in [7, 11) is 0. The van der Waals surface area contributed by atoms with E-state index in [2.05, 4.69) is 0 Å². The highest BCUT2D eigenvalue weighted by Crippen LogP contribution is 2.42. The zero-order chi connectivity index (χ0) is 12.8. The van der Waals surface area contributed by atoms with E-state index in [1.54, 1.807) is 0 Å². The molecule has 1 aromatic carbocycles. The van der Waals surface area contributed by atoms with Crippen molar-refractivity contribution in [2.24, 2.45) is 5.92 Å². The van der Waals surface area contributed by atoms with Gasteiger partial charge in [0.2, 0.25) is 5.91 Å². The van der Waals surface area contributed by atoms with Crippen molar-refractivity contribution in [3.63, 3.8) is 0 Å². The topological polar surface area (TPSA) is 29.5 Å². The zero-order valence-electron chi connectivity index (χ0n) is 10.9. The standard InChI is InChI=1S/C15H19NO2/c1-11-8-9-13-10-18-15(2,16(13)14(11)17)12-6-4-3-5-7-12/h3-7,11,13H,8-10H2,1-2H3/t11-,13-,15+/m0/s1. The van der Waals surface area contributed by atoms with E-state index in [4.69, 9.17) is 4.74 Å². The van der Waals surface area contributed by atoms with Gasteiger partial charge in [0, 0.05) is 11.5 Å². The normalized spacial score (nSPS) is 35.7. The molecule has 0 N–H and O–H groups in total. The Bertz CT molecular complexity index is 459. The van der Waals surface area contributed by atoms with E-state index in [0.29, 0.717) is 6.61 Å². The molecule has 1 amide bonds. The van der Waals surface area contributed by atoms with Gasteiger partial charge in [-0.2, -0.15) is 0 Å². The molecule has 2 aliphatic rings. The Balaban J connectivity index is 2.00. The molecule has 3 nitrogen and oxygen atoms in total. The number of amides is 1. The molecular formula is C15H19NO2. The van der Waals surface area contributed by atoms with Crippen LogP contribution in [0.25, 0.3) is 0 Å². The molecule has 2 saturated heterocycles. The number of carbonyl (C=O) groups is 1. The highest BCUT2D eigenvalue weighted by atomic mass is 16.5. The first-order valence-corrected chi connectivity index (χ1v) is 6.65. The van der Waals surface area contributed by atoms with Crippen molar-refractivity contribution in [3.05, 3.63) is 35.9 Å². The minimum atomic E-state index is -0.586. The van der Waals surface area contributed by atoms with E-state index >= 15 is 0 Å². The lowest BCUT2D eigenvalue weighted by molar-refractivity contribution is -0.157. The van der Waals surface area contributed by atoms with Gasteiger partial charge in [0.25, 0.3) is 0 Å². The summed E-state index contributed by atoms with van der Waals surface area (Å²) in [6, 6.07) is 10.3. The van der Waals surface area contributed by atoms with Crippen molar-refractivity contribution in [1.82, 2.24) is 4.90 Å². The number of hydrogen-bond donors (Lipinski definition) is 0. The van der Waals surface area contributed by atoms with Crippen LogP contribution in [0.4, 0.5) is 0 Å². The molecule has 96 valence electrons. The molecule has 0 unspecified atom stereocenters. The van der Waals surface area contributed by atoms with Crippen LogP contribution in [0, 0.1) is 5.92 Å². The highest BCUT2D eigenvalue weighted by Gasteiger charge is 2.50. The molecule has 0 aliphatic carbocycles. The number of rotatable bonds is 1. The van der Waals surface area contributed by atoms with E-state index in [9.17, 15) is 4.79 Å². The van der Waals surface area contributed by atoms with E-state index in [1.165, 1.54) is 0 Å². The maximum absolute atomic E-state index is 12.4. The molecule has 2 heterocycles. The third-order valence-corrected chi connectivity index (χ3v) is 4.28. The van der Waals surface area contributed by atoms with Crippen LogP contribution in [0.2, 0.25) is 0 Å². The Morgan fingerprint density at radius 3 is 2.72 bits per heavy atom. The average Bonchev–Trinajstić information content (AvgIpc) is 2.75. The van der Waals surface area contributed by atoms with Gasteiger partial charge >= 0.3 is 0 Å². The lowest BCUT2D eigenvalue weighted by Crippen LogP contribution is -2.52. The SMILES string of the molecule is C[C@H]1CC[C@H]2CO[C@](C)(c3ccccc3)N2C1=O. The van der Waals surface area contributed by atoms with Gasteiger partial charge in [0.15, 0.2) is 5.72 Å². The molecule has 0 aromatic heterocycles. The molecule has 1 aromatic rings.